The van der Waals surface area contributed by atoms with E-state index in [1.54, 1.807) is 49.4 Å². The highest BCUT2D eigenvalue weighted by molar-refractivity contribution is 6.21. The van der Waals surface area contributed by atoms with Gasteiger partial charge in [-0.1, -0.05) is 42.5 Å². The summed E-state index contributed by atoms with van der Waals surface area (Å²) in [5, 5.41) is 2.59. The maximum atomic E-state index is 15.2. The van der Waals surface area contributed by atoms with E-state index in [4.69, 9.17) is 4.74 Å². The molecule has 8 nitrogen and oxygen atoms in total. The van der Waals surface area contributed by atoms with Crippen LogP contribution in [0.15, 0.2) is 54.6 Å². The van der Waals surface area contributed by atoms with Crippen molar-refractivity contribution in [2.24, 2.45) is 0 Å². The predicted octanol–water partition coefficient (Wildman–Crippen LogP) is 3.52. The summed E-state index contributed by atoms with van der Waals surface area (Å²) in [6, 6.07) is 11.3. The lowest BCUT2D eigenvalue weighted by atomic mass is 9.99. The van der Waals surface area contributed by atoms with E-state index < -0.39 is 41.8 Å². The fraction of sp³-hybridized carbons (Fsp3) is 0.385. The van der Waals surface area contributed by atoms with Gasteiger partial charge in [-0.05, 0) is 44.4 Å². The minimum atomic E-state index is -4.00. The van der Waals surface area contributed by atoms with Crippen LogP contribution in [0.5, 0.6) is 0 Å². The molecule has 0 unspecified atom stereocenters. The minimum absolute atomic E-state index is 0.0303. The van der Waals surface area contributed by atoms with Crippen LogP contribution >= 0.6 is 0 Å². The summed E-state index contributed by atoms with van der Waals surface area (Å²) in [6.07, 6.45) is -0.398. The molecule has 0 bridgehead atoms. The topological polar surface area (TPSA) is 102 Å². The molecule has 2 atom stereocenters. The van der Waals surface area contributed by atoms with Crippen LogP contribution in [0.2, 0.25) is 0 Å². The van der Waals surface area contributed by atoms with Gasteiger partial charge in [0, 0.05) is 6.54 Å². The number of carbonyl (C=O) groups excluding carboxylic acids is 4. The molecular weight excluding hydrogens is 474 g/mol. The molecule has 2 aromatic rings. The number of amides is 2. The zero-order chi connectivity index (χ0) is 26.3. The van der Waals surface area contributed by atoms with Crippen LogP contribution in [0, 0.1) is 0 Å². The van der Waals surface area contributed by atoms with Crippen LogP contribution in [0.1, 0.15) is 59.0 Å². The maximum absolute atomic E-state index is 15.2. The van der Waals surface area contributed by atoms with Crippen LogP contribution in [0.25, 0.3) is 0 Å². The Morgan fingerprint density at radius 2 is 1.47 bits per heavy atom. The van der Waals surface area contributed by atoms with Gasteiger partial charge < -0.3 is 9.47 Å². The van der Waals surface area contributed by atoms with E-state index >= 15 is 8.78 Å². The first-order valence-corrected chi connectivity index (χ1v) is 11.7. The Hall–Kier alpha value is -3.66. The Morgan fingerprint density at radius 3 is 2.03 bits per heavy atom. The molecule has 10 heteroatoms. The van der Waals surface area contributed by atoms with Gasteiger partial charge in [0.25, 0.3) is 11.8 Å². The summed E-state index contributed by atoms with van der Waals surface area (Å²) in [7, 11) is 0. The van der Waals surface area contributed by atoms with E-state index in [2.05, 4.69) is 10.1 Å². The summed E-state index contributed by atoms with van der Waals surface area (Å²) in [4.78, 5) is 51.0. The lowest BCUT2D eigenvalue weighted by Gasteiger charge is -2.30. The van der Waals surface area contributed by atoms with Gasteiger partial charge in [0.05, 0.1) is 30.4 Å². The first-order valence-electron chi connectivity index (χ1n) is 11.7. The number of nitrogens with zero attached hydrogens (tertiary/aromatic N) is 1. The van der Waals surface area contributed by atoms with Crippen LogP contribution in [-0.2, 0) is 19.1 Å². The first kappa shape index (κ1) is 26.9. The summed E-state index contributed by atoms with van der Waals surface area (Å²) in [5.74, 6) is -7.54. The van der Waals surface area contributed by atoms with Crippen LogP contribution in [0.3, 0.4) is 0 Å². The number of esters is 2. The fourth-order valence-corrected chi connectivity index (χ4v) is 4.01. The Labute approximate surface area is 207 Å². The highest BCUT2D eigenvalue weighted by Gasteiger charge is 2.50. The van der Waals surface area contributed by atoms with Crippen LogP contribution in [0.4, 0.5) is 8.78 Å². The van der Waals surface area contributed by atoms with Gasteiger partial charge in [0.1, 0.15) is 6.04 Å². The quantitative estimate of drug-likeness (QED) is 0.350. The lowest BCUT2D eigenvalue weighted by Crippen LogP contribution is -2.53. The van der Waals surface area contributed by atoms with Crippen molar-refractivity contribution in [3.63, 3.8) is 0 Å². The van der Waals surface area contributed by atoms with Crippen molar-refractivity contribution < 1.29 is 37.4 Å². The second kappa shape index (κ2) is 11.9. The Bertz CT molecular complexity index is 1070. The number of nitrogens with one attached hydrogen (secondary N) is 1. The Morgan fingerprint density at radius 1 is 0.917 bits per heavy atom. The molecule has 1 heterocycles. The number of imide groups is 1. The molecule has 0 spiro atoms. The average molecular weight is 503 g/mol. The zero-order valence-corrected chi connectivity index (χ0v) is 20.0. The summed E-state index contributed by atoms with van der Waals surface area (Å²) in [5.41, 5.74) is 0.877. The van der Waals surface area contributed by atoms with Gasteiger partial charge in [-0.2, -0.15) is 8.78 Å². The number of carbonyl (C=O) groups is 4. The second-order valence-electron chi connectivity index (χ2n) is 8.11. The van der Waals surface area contributed by atoms with Gasteiger partial charge in [-0.25, -0.2) is 9.59 Å². The third kappa shape index (κ3) is 5.76. The van der Waals surface area contributed by atoms with E-state index in [1.807, 2.05) is 0 Å². The average Bonchev–Trinajstić information content (AvgIpc) is 3.11. The lowest BCUT2D eigenvalue weighted by molar-refractivity contribution is -0.177. The van der Waals surface area contributed by atoms with Crippen molar-refractivity contribution in [3.05, 3.63) is 71.3 Å². The maximum Gasteiger partial charge on any atom is 0.378 e. The van der Waals surface area contributed by atoms with E-state index in [9.17, 15) is 19.2 Å². The number of fused-ring (bicyclic) bond motifs is 1. The third-order valence-corrected chi connectivity index (χ3v) is 5.76. The highest BCUT2D eigenvalue weighted by atomic mass is 19.3. The monoisotopic (exact) mass is 502 g/mol. The van der Waals surface area contributed by atoms with Crippen molar-refractivity contribution >= 4 is 23.8 Å². The van der Waals surface area contributed by atoms with Gasteiger partial charge >= 0.3 is 17.9 Å². The first-order chi connectivity index (χ1) is 17.2. The standard InChI is InChI=1S/C26H28F2N2O6/c1-3-35-24(33)21(17-11-6-5-7-12-17)29-20(26(27,28)25(34)36-4-2)15-10-16-30-22(31)18-13-8-9-14-19(18)23(30)32/h5-9,11-14,20-21,29H,3-4,10,15-16H2,1-2H3/t20-,21+/m0/s1. The molecule has 0 radical (unpaired) electrons. The summed E-state index contributed by atoms with van der Waals surface area (Å²) < 4.78 is 40.1. The molecule has 36 heavy (non-hydrogen) atoms. The number of alkyl halides is 2. The van der Waals surface area contributed by atoms with Crippen LogP contribution in [-0.4, -0.2) is 60.4 Å². The molecule has 0 fully saturated rings. The minimum Gasteiger partial charge on any atom is -0.465 e. The van der Waals surface area contributed by atoms with Gasteiger partial charge in [0.15, 0.2) is 0 Å². The van der Waals surface area contributed by atoms with E-state index in [0.717, 1.165) is 4.90 Å². The summed E-state index contributed by atoms with van der Waals surface area (Å²) in [6.45, 7) is 2.63. The van der Waals surface area contributed by atoms with Crippen molar-refractivity contribution in [2.45, 2.75) is 44.7 Å². The number of benzene rings is 2. The van der Waals surface area contributed by atoms with E-state index in [-0.39, 0.29) is 43.7 Å². The van der Waals surface area contributed by atoms with Crippen molar-refractivity contribution in [3.8, 4) is 0 Å². The molecule has 0 saturated heterocycles. The van der Waals surface area contributed by atoms with Crippen LogP contribution < -0.4 is 5.32 Å². The van der Waals surface area contributed by atoms with Crippen molar-refractivity contribution in [1.29, 1.82) is 0 Å². The normalized spacial score (nSPS) is 14.8. The highest BCUT2D eigenvalue weighted by Crippen LogP contribution is 2.29. The molecular formula is C26H28F2N2O6. The molecule has 0 aliphatic carbocycles. The number of rotatable bonds is 12. The predicted molar refractivity (Wildman–Crippen MR) is 125 cm³/mol. The van der Waals surface area contributed by atoms with E-state index in [1.165, 1.54) is 19.1 Å². The van der Waals surface area contributed by atoms with Crippen molar-refractivity contribution in [2.75, 3.05) is 19.8 Å². The van der Waals surface area contributed by atoms with Gasteiger partial charge in [0.2, 0.25) is 0 Å². The van der Waals surface area contributed by atoms with Gasteiger partial charge in [-0.3, -0.25) is 19.8 Å². The number of ether oxygens (including phenoxy) is 2. The molecule has 1 aliphatic rings. The SMILES string of the molecule is CCOC(=O)[C@H](N[C@@H](CCCN1C(=O)c2ccccc2C1=O)C(F)(F)C(=O)OCC)c1ccccc1. The number of halogens is 2. The molecule has 2 amide bonds. The molecule has 3 rings (SSSR count). The van der Waals surface area contributed by atoms with Crippen molar-refractivity contribution in [1.82, 2.24) is 10.2 Å². The second-order valence-corrected chi connectivity index (χ2v) is 8.11. The molecule has 0 aromatic heterocycles. The smallest absolute Gasteiger partial charge is 0.378 e. The summed E-state index contributed by atoms with van der Waals surface area (Å²) >= 11 is 0. The molecule has 192 valence electrons. The number of hydrogen-bond donors (Lipinski definition) is 1. The Kier molecular flexibility index (Phi) is 8.87. The fourth-order valence-electron chi connectivity index (χ4n) is 4.01. The third-order valence-electron chi connectivity index (χ3n) is 5.76. The molecule has 0 saturated carbocycles. The molecule has 2 aromatic carbocycles. The molecule has 1 N–H and O–H groups in total. The Balaban J connectivity index is 1.81. The van der Waals surface area contributed by atoms with Gasteiger partial charge in [-0.15, -0.1) is 0 Å². The largest absolute Gasteiger partial charge is 0.465 e. The zero-order valence-electron chi connectivity index (χ0n) is 20.0. The number of hydrogen-bond acceptors (Lipinski definition) is 7. The molecule has 1 aliphatic heterocycles. The van der Waals surface area contributed by atoms with E-state index in [0.29, 0.717) is 5.56 Å².